The van der Waals surface area contributed by atoms with Crippen molar-refractivity contribution in [3.8, 4) is 5.88 Å². The van der Waals surface area contributed by atoms with Gasteiger partial charge in [-0.3, -0.25) is 4.90 Å². The third-order valence-electron chi connectivity index (χ3n) is 3.49. The molecule has 7 heteroatoms. The summed E-state index contributed by atoms with van der Waals surface area (Å²) in [6.07, 6.45) is 1.86. The standard InChI is InChI=1S/C14H19N5OS/c1-12-2-3-13(17-16-12)20-10-9-18-5-7-19(8-6-18)14-15-4-11-21-14/h2-4,11H,5-10H2,1H3. The molecule has 3 rings (SSSR count). The quantitative estimate of drug-likeness (QED) is 0.833. The number of ether oxygens (including phenoxy) is 1. The van der Waals surface area contributed by atoms with Crippen molar-refractivity contribution in [2.75, 3.05) is 44.2 Å². The summed E-state index contributed by atoms with van der Waals surface area (Å²) < 4.78 is 5.62. The number of hydrogen-bond donors (Lipinski definition) is 0. The summed E-state index contributed by atoms with van der Waals surface area (Å²) in [6.45, 7) is 7.62. The fourth-order valence-electron chi connectivity index (χ4n) is 2.28. The Bertz CT molecular complexity index is 537. The molecule has 112 valence electrons. The molecule has 1 aliphatic rings. The highest BCUT2D eigenvalue weighted by Gasteiger charge is 2.18. The Morgan fingerprint density at radius 3 is 2.71 bits per heavy atom. The zero-order chi connectivity index (χ0) is 14.5. The lowest BCUT2D eigenvalue weighted by Gasteiger charge is -2.34. The molecule has 0 unspecified atom stereocenters. The summed E-state index contributed by atoms with van der Waals surface area (Å²) in [6, 6.07) is 3.78. The molecular formula is C14H19N5OS. The van der Waals surface area contributed by atoms with Crippen molar-refractivity contribution in [2.45, 2.75) is 6.92 Å². The van der Waals surface area contributed by atoms with Crippen LogP contribution in [0.4, 0.5) is 5.13 Å². The topological polar surface area (TPSA) is 54.4 Å². The van der Waals surface area contributed by atoms with Crippen LogP contribution in [0.3, 0.4) is 0 Å². The van der Waals surface area contributed by atoms with Gasteiger partial charge in [0.15, 0.2) is 5.13 Å². The molecule has 0 radical (unpaired) electrons. The summed E-state index contributed by atoms with van der Waals surface area (Å²) in [5, 5.41) is 11.1. The second-order valence-corrected chi connectivity index (χ2v) is 5.88. The van der Waals surface area contributed by atoms with Gasteiger partial charge in [-0.05, 0) is 13.0 Å². The fourth-order valence-corrected chi connectivity index (χ4v) is 2.97. The van der Waals surface area contributed by atoms with Crippen molar-refractivity contribution >= 4 is 16.5 Å². The normalized spacial score (nSPS) is 16.1. The van der Waals surface area contributed by atoms with Crippen molar-refractivity contribution < 1.29 is 4.74 Å². The van der Waals surface area contributed by atoms with Gasteiger partial charge in [0, 0.05) is 50.4 Å². The van der Waals surface area contributed by atoms with Gasteiger partial charge < -0.3 is 9.64 Å². The van der Waals surface area contributed by atoms with Crippen LogP contribution in [0.5, 0.6) is 5.88 Å². The first-order chi connectivity index (χ1) is 10.3. The SMILES string of the molecule is Cc1ccc(OCCN2CCN(c3nccs3)CC2)nn1. The van der Waals surface area contributed by atoms with E-state index in [1.165, 1.54) is 0 Å². The second-order valence-electron chi connectivity index (χ2n) is 5.00. The van der Waals surface area contributed by atoms with E-state index in [1.807, 2.05) is 30.6 Å². The number of nitrogens with zero attached hydrogens (tertiary/aromatic N) is 5. The molecule has 3 heterocycles. The number of thiazole rings is 1. The van der Waals surface area contributed by atoms with Gasteiger partial charge >= 0.3 is 0 Å². The highest BCUT2D eigenvalue weighted by molar-refractivity contribution is 7.13. The molecule has 1 saturated heterocycles. The van der Waals surface area contributed by atoms with Crippen LogP contribution in [0.25, 0.3) is 0 Å². The molecule has 2 aromatic rings. The first-order valence-electron chi connectivity index (χ1n) is 7.11. The van der Waals surface area contributed by atoms with E-state index < -0.39 is 0 Å². The summed E-state index contributed by atoms with van der Waals surface area (Å²) in [5.41, 5.74) is 0.903. The van der Waals surface area contributed by atoms with Crippen molar-refractivity contribution in [2.24, 2.45) is 0 Å². The van der Waals surface area contributed by atoms with E-state index in [9.17, 15) is 0 Å². The number of anilines is 1. The molecule has 1 fully saturated rings. The summed E-state index contributed by atoms with van der Waals surface area (Å²) in [7, 11) is 0. The van der Waals surface area contributed by atoms with Crippen LogP contribution in [-0.2, 0) is 0 Å². The average Bonchev–Trinajstić information content (AvgIpc) is 3.04. The minimum atomic E-state index is 0.599. The number of aromatic nitrogens is 3. The van der Waals surface area contributed by atoms with E-state index in [1.54, 1.807) is 11.3 Å². The van der Waals surface area contributed by atoms with Crippen LogP contribution in [0.1, 0.15) is 5.69 Å². The molecule has 0 spiro atoms. The van der Waals surface area contributed by atoms with Gasteiger partial charge in [-0.1, -0.05) is 0 Å². The van der Waals surface area contributed by atoms with Gasteiger partial charge in [-0.2, -0.15) is 5.10 Å². The minimum Gasteiger partial charge on any atom is -0.475 e. The highest BCUT2D eigenvalue weighted by Crippen LogP contribution is 2.18. The smallest absolute Gasteiger partial charge is 0.233 e. The molecule has 0 amide bonds. The predicted molar refractivity (Wildman–Crippen MR) is 83.0 cm³/mol. The lowest BCUT2D eigenvalue weighted by molar-refractivity contribution is 0.196. The number of piperazine rings is 1. The Morgan fingerprint density at radius 1 is 1.19 bits per heavy atom. The number of rotatable bonds is 5. The van der Waals surface area contributed by atoms with E-state index >= 15 is 0 Å². The summed E-state index contributed by atoms with van der Waals surface area (Å²) in [4.78, 5) is 9.11. The van der Waals surface area contributed by atoms with Crippen LogP contribution < -0.4 is 9.64 Å². The lowest BCUT2D eigenvalue weighted by Crippen LogP contribution is -2.47. The van der Waals surface area contributed by atoms with Gasteiger partial charge in [0.2, 0.25) is 5.88 Å². The van der Waals surface area contributed by atoms with Gasteiger partial charge in [-0.15, -0.1) is 16.4 Å². The monoisotopic (exact) mass is 305 g/mol. The maximum atomic E-state index is 5.62. The summed E-state index contributed by atoms with van der Waals surface area (Å²) >= 11 is 1.70. The Hall–Kier alpha value is -1.73. The van der Waals surface area contributed by atoms with E-state index in [0.717, 1.165) is 43.5 Å². The molecule has 0 N–H and O–H groups in total. The zero-order valence-electron chi connectivity index (χ0n) is 12.1. The van der Waals surface area contributed by atoms with Crippen LogP contribution in [0.15, 0.2) is 23.7 Å². The third kappa shape index (κ3) is 3.89. The maximum Gasteiger partial charge on any atom is 0.233 e. The van der Waals surface area contributed by atoms with Gasteiger partial charge in [-0.25, -0.2) is 4.98 Å². The van der Waals surface area contributed by atoms with Gasteiger partial charge in [0.25, 0.3) is 0 Å². The highest BCUT2D eigenvalue weighted by atomic mass is 32.1. The second kappa shape index (κ2) is 6.82. The summed E-state index contributed by atoms with van der Waals surface area (Å²) in [5.74, 6) is 0.599. The van der Waals surface area contributed by atoms with Crippen LogP contribution >= 0.6 is 11.3 Å². The Kier molecular flexibility index (Phi) is 4.62. The van der Waals surface area contributed by atoms with Crippen molar-refractivity contribution in [1.82, 2.24) is 20.1 Å². The Morgan fingerprint density at radius 2 is 2.05 bits per heavy atom. The molecular weight excluding hydrogens is 286 g/mol. The molecule has 2 aromatic heterocycles. The van der Waals surface area contributed by atoms with E-state index in [0.29, 0.717) is 12.5 Å². The molecule has 0 atom stereocenters. The maximum absolute atomic E-state index is 5.62. The van der Waals surface area contributed by atoms with Crippen molar-refractivity contribution in [3.05, 3.63) is 29.4 Å². The van der Waals surface area contributed by atoms with Crippen molar-refractivity contribution in [1.29, 1.82) is 0 Å². The number of aryl methyl sites for hydroxylation is 1. The molecule has 6 nitrogen and oxygen atoms in total. The third-order valence-corrected chi connectivity index (χ3v) is 4.33. The molecule has 0 aliphatic carbocycles. The number of hydrogen-bond acceptors (Lipinski definition) is 7. The van der Waals surface area contributed by atoms with Crippen LogP contribution in [-0.4, -0.2) is 59.4 Å². The minimum absolute atomic E-state index is 0.599. The first-order valence-corrected chi connectivity index (χ1v) is 7.99. The van der Waals surface area contributed by atoms with Crippen LogP contribution in [0.2, 0.25) is 0 Å². The van der Waals surface area contributed by atoms with Crippen molar-refractivity contribution in [3.63, 3.8) is 0 Å². The zero-order valence-corrected chi connectivity index (χ0v) is 12.9. The Labute approximate surface area is 128 Å². The van der Waals surface area contributed by atoms with E-state index in [2.05, 4.69) is 25.0 Å². The van der Waals surface area contributed by atoms with Gasteiger partial charge in [0.1, 0.15) is 6.61 Å². The largest absolute Gasteiger partial charge is 0.475 e. The lowest BCUT2D eigenvalue weighted by atomic mass is 10.3. The van der Waals surface area contributed by atoms with E-state index in [4.69, 9.17) is 4.74 Å². The molecule has 0 bridgehead atoms. The first kappa shape index (κ1) is 14.2. The van der Waals surface area contributed by atoms with Gasteiger partial charge in [0.05, 0.1) is 5.69 Å². The predicted octanol–water partition coefficient (Wildman–Crippen LogP) is 1.44. The van der Waals surface area contributed by atoms with Crippen LogP contribution in [0, 0.1) is 6.92 Å². The average molecular weight is 305 g/mol. The van der Waals surface area contributed by atoms with E-state index in [-0.39, 0.29) is 0 Å². The fraction of sp³-hybridized carbons (Fsp3) is 0.500. The Balaban J connectivity index is 1.38. The molecule has 0 saturated carbocycles. The molecule has 1 aliphatic heterocycles. The molecule has 0 aromatic carbocycles. The molecule has 21 heavy (non-hydrogen) atoms.